The van der Waals surface area contributed by atoms with Crippen molar-refractivity contribution in [3.8, 4) is 0 Å². The van der Waals surface area contributed by atoms with Gasteiger partial charge in [-0.3, -0.25) is 0 Å². The minimum atomic E-state index is 0. The molecule has 2 aromatic rings. The molecule has 37 heavy (non-hydrogen) atoms. The van der Waals surface area contributed by atoms with Crippen LogP contribution in [0.15, 0.2) is 35.9 Å². The van der Waals surface area contributed by atoms with Gasteiger partial charge >= 0.3 is 16.5 Å². The molecule has 1 heterocycles. The van der Waals surface area contributed by atoms with Gasteiger partial charge in [0, 0.05) is 22.8 Å². The minimum Gasteiger partial charge on any atom is -0.493 e. The van der Waals surface area contributed by atoms with Gasteiger partial charge in [0.2, 0.25) is 11.4 Å². The van der Waals surface area contributed by atoms with Gasteiger partial charge in [0.1, 0.15) is 0 Å². The van der Waals surface area contributed by atoms with E-state index in [1.807, 2.05) is 0 Å². The largest absolute Gasteiger partial charge is 2.00 e. The Morgan fingerprint density at radius 1 is 0.622 bits per heavy atom. The number of aryl methyl sites for hydroxylation is 4. The van der Waals surface area contributed by atoms with Crippen LogP contribution in [0, 0.1) is 14.9 Å². The molecule has 2 aromatic carbocycles. The maximum absolute atomic E-state index is 11.6. The van der Waals surface area contributed by atoms with Crippen LogP contribution in [0.1, 0.15) is 112 Å². The van der Waals surface area contributed by atoms with Crippen LogP contribution >= 0.6 is 0 Å². The van der Waals surface area contributed by atoms with E-state index in [-0.39, 0.29) is 31.3 Å². The van der Waals surface area contributed by atoms with E-state index < -0.39 is 0 Å². The molecule has 0 radical (unpaired) electrons. The first kappa shape index (κ1) is 35.0. The number of rotatable bonds is 11. The van der Waals surface area contributed by atoms with Crippen molar-refractivity contribution >= 4 is 11.4 Å². The number of unbranched alkanes of at least 4 members (excludes halogenated alkanes) is 1. The molecule has 0 N–H and O–H groups in total. The van der Waals surface area contributed by atoms with Crippen LogP contribution in [0.2, 0.25) is 0 Å². The fourth-order valence-electron chi connectivity index (χ4n) is 5.67. The Labute approximate surface area is 239 Å². The molecule has 3 heteroatoms. The summed E-state index contributed by atoms with van der Waals surface area (Å²) in [6.07, 6.45) is 11.7. The minimum absolute atomic E-state index is 0. The molecule has 0 fully saturated rings. The fourth-order valence-corrected chi connectivity index (χ4v) is 5.67. The van der Waals surface area contributed by atoms with E-state index in [2.05, 4.69) is 78.8 Å². The predicted molar refractivity (Wildman–Crippen MR) is 160 cm³/mol. The number of hydrogen-bond donors (Lipinski definition) is 0. The second-order valence-electron chi connectivity index (χ2n) is 9.49. The van der Waals surface area contributed by atoms with E-state index in [9.17, 15) is 5.53 Å². The second-order valence-corrected chi connectivity index (χ2v) is 9.49. The summed E-state index contributed by atoms with van der Waals surface area (Å²) < 4.78 is 1.49. The van der Waals surface area contributed by atoms with Gasteiger partial charge in [-0.05, 0) is 109 Å². The van der Waals surface area contributed by atoms with Gasteiger partial charge in [0.05, 0.1) is 0 Å². The van der Waals surface area contributed by atoms with Crippen molar-refractivity contribution < 1.29 is 21.2 Å². The first-order valence-corrected chi connectivity index (χ1v) is 13.7. The van der Waals surface area contributed by atoms with Crippen molar-refractivity contribution in [2.45, 2.75) is 106 Å². The number of benzene rings is 2. The number of nitrogens with zero attached hydrogens (tertiary/aromatic N) is 2. The normalized spacial score (nSPS) is 12.6. The molecular weight excluding hydrogens is 495 g/mol. The van der Waals surface area contributed by atoms with E-state index in [4.69, 9.17) is 0 Å². The van der Waals surface area contributed by atoms with Crippen LogP contribution in [-0.2, 0) is 55.0 Å². The first-order chi connectivity index (χ1) is 16.5. The molecule has 206 valence electrons. The molecule has 3 rings (SSSR count). The van der Waals surface area contributed by atoms with Gasteiger partial charge in [-0.25, -0.2) is 4.70 Å². The Balaban J connectivity index is 0.00000432. The average molecular weight is 545 g/mol. The molecule has 0 amide bonds. The second kappa shape index (κ2) is 16.1. The van der Waals surface area contributed by atoms with E-state index in [1.165, 1.54) is 43.7 Å². The third-order valence-corrected chi connectivity index (χ3v) is 7.52. The van der Waals surface area contributed by atoms with Gasteiger partial charge in [0.15, 0.2) is 0 Å². The number of hydrogen-bond acceptors (Lipinski definition) is 0. The summed E-state index contributed by atoms with van der Waals surface area (Å²) in [6, 6.07) is 9.27. The molecule has 1 aliphatic heterocycles. The Morgan fingerprint density at radius 2 is 1.03 bits per heavy atom. The Hall–Kier alpha value is -1.99. The van der Waals surface area contributed by atoms with Crippen LogP contribution in [0.25, 0.3) is 16.9 Å². The van der Waals surface area contributed by atoms with Crippen LogP contribution in [-0.4, -0.2) is 4.70 Å². The standard InChI is InChI=1S/C32H44N2.2CH3.Ni/c1-8-15-16-26-21-31(27-17-22(9-2)29(13-6)23(10-3)18-27)34(33)32(26)28-19-24(11-4)30(14-7)25(12-5)20-28;;;/h17-21H,8-16H2,1-7H3;2*1H3;/q;2*-1;+2. The van der Waals surface area contributed by atoms with Crippen molar-refractivity contribution in [2.24, 2.45) is 0 Å². The summed E-state index contributed by atoms with van der Waals surface area (Å²) >= 11 is 0. The van der Waals surface area contributed by atoms with E-state index in [0.29, 0.717) is 0 Å². The van der Waals surface area contributed by atoms with Gasteiger partial charge in [0.25, 0.3) is 0 Å². The maximum atomic E-state index is 11.6. The SMILES string of the molecule is CCCCC1=C(c2cc(CC)c(CC)c(CC)c2)[N+](=[N-])C(c2cc(CC)c(CC)c(CC)c2)=C1.[CH3-].[CH3-].[Ni+2]. The van der Waals surface area contributed by atoms with Crippen LogP contribution in [0.3, 0.4) is 0 Å². The van der Waals surface area contributed by atoms with Crippen LogP contribution in [0.4, 0.5) is 0 Å². The first-order valence-electron chi connectivity index (χ1n) is 13.7. The molecule has 0 atom stereocenters. The zero-order valence-corrected chi connectivity index (χ0v) is 25.9. The van der Waals surface area contributed by atoms with Crippen molar-refractivity contribution in [3.05, 3.63) is 101 Å². The summed E-state index contributed by atoms with van der Waals surface area (Å²) in [4.78, 5) is 0. The third-order valence-electron chi connectivity index (χ3n) is 7.52. The fraction of sp³-hybridized carbons (Fsp3) is 0.471. The maximum Gasteiger partial charge on any atom is 2.00 e. The molecule has 0 aliphatic carbocycles. The van der Waals surface area contributed by atoms with Gasteiger partial charge in [-0.2, -0.15) is 0 Å². The van der Waals surface area contributed by atoms with Crippen molar-refractivity contribution in [3.63, 3.8) is 0 Å². The van der Waals surface area contributed by atoms with E-state index in [0.717, 1.165) is 80.3 Å². The molecule has 1 aliphatic rings. The smallest absolute Gasteiger partial charge is 0.493 e. The molecule has 0 unspecified atom stereocenters. The summed E-state index contributed by atoms with van der Waals surface area (Å²) in [7, 11) is 0. The third kappa shape index (κ3) is 7.11. The molecule has 0 aromatic heterocycles. The van der Waals surface area contributed by atoms with Gasteiger partial charge < -0.3 is 20.4 Å². The quantitative estimate of drug-likeness (QED) is 0.153. The summed E-state index contributed by atoms with van der Waals surface area (Å²) in [5, 5.41) is 0. The van der Waals surface area contributed by atoms with Crippen LogP contribution in [0.5, 0.6) is 0 Å². The molecule has 0 saturated heterocycles. The Bertz CT molecular complexity index is 1070. The molecule has 0 bridgehead atoms. The monoisotopic (exact) mass is 544 g/mol. The zero-order valence-electron chi connectivity index (χ0n) is 25.0. The molecule has 2 nitrogen and oxygen atoms in total. The zero-order chi connectivity index (χ0) is 24.8. The van der Waals surface area contributed by atoms with Gasteiger partial charge in [-0.1, -0.05) is 54.9 Å². The number of allylic oxidation sites excluding steroid dienone is 2. The summed E-state index contributed by atoms with van der Waals surface area (Å²) in [5.41, 5.74) is 25.7. The van der Waals surface area contributed by atoms with Crippen molar-refractivity contribution in [1.82, 2.24) is 0 Å². The summed E-state index contributed by atoms with van der Waals surface area (Å²) in [5.74, 6) is 0. The van der Waals surface area contributed by atoms with E-state index >= 15 is 0 Å². The summed E-state index contributed by atoms with van der Waals surface area (Å²) in [6.45, 7) is 15.7. The topological polar surface area (TPSA) is 25.3 Å². The average Bonchev–Trinajstić information content (AvgIpc) is 3.20. The van der Waals surface area contributed by atoms with E-state index in [1.54, 1.807) is 0 Å². The van der Waals surface area contributed by atoms with Crippen molar-refractivity contribution in [1.29, 1.82) is 0 Å². The van der Waals surface area contributed by atoms with Crippen LogP contribution < -0.4 is 0 Å². The Kier molecular flexibility index (Phi) is 15.2. The Morgan fingerprint density at radius 3 is 1.38 bits per heavy atom. The van der Waals surface area contributed by atoms with Crippen molar-refractivity contribution in [2.75, 3.05) is 0 Å². The molecule has 0 spiro atoms. The van der Waals surface area contributed by atoms with Gasteiger partial charge in [-0.15, -0.1) is 0 Å². The molecule has 0 saturated carbocycles. The molecular formula is C34H50N2Ni. The predicted octanol–water partition coefficient (Wildman–Crippen LogP) is 9.95.